The lowest BCUT2D eigenvalue weighted by atomic mass is 10.0. The van der Waals surface area contributed by atoms with Gasteiger partial charge in [0.1, 0.15) is 0 Å². The molecule has 0 heterocycles. The second kappa shape index (κ2) is 5.86. The Kier molecular flexibility index (Phi) is 5.07. The van der Waals surface area contributed by atoms with Gasteiger partial charge in [0.2, 0.25) is 0 Å². The van der Waals surface area contributed by atoms with E-state index in [4.69, 9.17) is 0 Å². The van der Waals surface area contributed by atoms with Crippen molar-refractivity contribution in [2.75, 3.05) is 20.1 Å². The first kappa shape index (κ1) is 13.0. The molecule has 1 rings (SSSR count). The van der Waals surface area contributed by atoms with E-state index in [0.717, 1.165) is 18.4 Å². The van der Waals surface area contributed by atoms with Crippen LogP contribution >= 0.6 is 0 Å². The second-order valence-corrected chi connectivity index (χ2v) is 5.60. The third-order valence-electron chi connectivity index (χ3n) is 3.44. The number of likely N-dealkylation sites (N-methyl/N-ethyl adjacent to an activating group) is 1. The molecule has 2 heteroatoms. The maximum absolute atomic E-state index is 3.34. The Morgan fingerprint density at radius 1 is 1.20 bits per heavy atom. The molecule has 0 spiro atoms. The van der Waals surface area contributed by atoms with Crippen molar-refractivity contribution in [3.8, 4) is 0 Å². The second-order valence-electron chi connectivity index (χ2n) is 5.60. The minimum atomic E-state index is 0.673. The van der Waals surface area contributed by atoms with Crippen molar-refractivity contribution < 1.29 is 0 Å². The van der Waals surface area contributed by atoms with E-state index in [1.54, 1.807) is 0 Å². The average molecular weight is 212 g/mol. The molecule has 90 valence electrons. The van der Waals surface area contributed by atoms with Gasteiger partial charge in [0.05, 0.1) is 0 Å². The summed E-state index contributed by atoms with van der Waals surface area (Å²) in [6, 6.07) is 1.36. The van der Waals surface area contributed by atoms with Crippen molar-refractivity contribution in [1.82, 2.24) is 10.2 Å². The molecule has 1 saturated carbocycles. The van der Waals surface area contributed by atoms with Crippen LogP contribution in [0.4, 0.5) is 0 Å². The van der Waals surface area contributed by atoms with Gasteiger partial charge in [-0.15, -0.1) is 0 Å². The summed E-state index contributed by atoms with van der Waals surface area (Å²) in [7, 11) is 2.06. The van der Waals surface area contributed by atoms with E-state index in [2.05, 4.69) is 45.0 Å². The highest BCUT2D eigenvalue weighted by molar-refractivity contribution is 4.85. The first-order chi connectivity index (χ1) is 7.06. The molecule has 0 aromatic rings. The molecule has 1 unspecified atom stereocenters. The molecule has 1 aliphatic rings. The molecule has 2 nitrogen and oxygen atoms in total. The number of nitrogens with zero attached hydrogens (tertiary/aromatic N) is 1. The van der Waals surface area contributed by atoms with E-state index in [9.17, 15) is 0 Å². The van der Waals surface area contributed by atoms with E-state index in [1.165, 1.54) is 19.4 Å². The number of hydrogen-bond acceptors (Lipinski definition) is 2. The Labute approximate surface area is 95.4 Å². The Morgan fingerprint density at radius 3 is 2.13 bits per heavy atom. The minimum Gasteiger partial charge on any atom is -0.318 e. The van der Waals surface area contributed by atoms with Gasteiger partial charge in [0.25, 0.3) is 0 Å². The molecule has 0 aliphatic heterocycles. The lowest BCUT2D eigenvalue weighted by molar-refractivity contribution is 0.111. The molecule has 1 N–H and O–H groups in total. The van der Waals surface area contributed by atoms with Crippen molar-refractivity contribution in [2.24, 2.45) is 11.8 Å². The Morgan fingerprint density at radius 2 is 1.80 bits per heavy atom. The molecular weight excluding hydrogens is 184 g/mol. The van der Waals surface area contributed by atoms with Crippen LogP contribution in [0, 0.1) is 11.8 Å². The van der Waals surface area contributed by atoms with Crippen LogP contribution < -0.4 is 5.32 Å². The summed E-state index contributed by atoms with van der Waals surface area (Å²) < 4.78 is 0. The number of nitrogens with one attached hydrogen (secondary N) is 1. The van der Waals surface area contributed by atoms with Crippen LogP contribution in [-0.4, -0.2) is 37.1 Å². The maximum Gasteiger partial charge on any atom is 0.0246 e. The summed E-state index contributed by atoms with van der Waals surface area (Å²) in [5.74, 6) is 1.73. The molecule has 0 radical (unpaired) electrons. The van der Waals surface area contributed by atoms with Gasteiger partial charge in [-0.05, 0) is 45.6 Å². The largest absolute Gasteiger partial charge is 0.318 e. The van der Waals surface area contributed by atoms with E-state index in [1.807, 2.05) is 0 Å². The molecule has 1 atom stereocenters. The quantitative estimate of drug-likeness (QED) is 0.697. The Balaban J connectivity index is 2.55. The van der Waals surface area contributed by atoms with Gasteiger partial charge >= 0.3 is 0 Å². The monoisotopic (exact) mass is 212 g/mol. The van der Waals surface area contributed by atoms with Crippen LogP contribution in [-0.2, 0) is 0 Å². The standard InChI is InChI=1S/C13H28N2/c1-10(2)13(8-14-5)15(11(3)4)9-12-6-7-12/h10-14H,6-9H2,1-5H3. The predicted molar refractivity (Wildman–Crippen MR) is 67.1 cm³/mol. The van der Waals surface area contributed by atoms with E-state index >= 15 is 0 Å². The molecular formula is C13H28N2. The highest BCUT2D eigenvalue weighted by atomic mass is 15.2. The summed E-state index contributed by atoms with van der Waals surface area (Å²) in [6.45, 7) is 11.8. The fraction of sp³-hybridized carbons (Fsp3) is 1.00. The molecule has 1 aliphatic carbocycles. The van der Waals surface area contributed by atoms with Crippen molar-refractivity contribution in [3.05, 3.63) is 0 Å². The fourth-order valence-corrected chi connectivity index (χ4v) is 2.27. The smallest absolute Gasteiger partial charge is 0.0246 e. The molecule has 15 heavy (non-hydrogen) atoms. The molecule has 0 bridgehead atoms. The number of hydrogen-bond donors (Lipinski definition) is 1. The van der Waals surface area contributed by atoms with Gasteiger partial charge in [0.15, 0.2) is 0 Å². The lowest BCUT2D eigenvalue weighted by Crippen LogP contribution is -2.49. The summed E-state index contributed by atoms with van der Waals surface area (Å²) >= 11 is 0. The molecule has 0 aromatic carbocycles. The van der Waals surface area contributed by atoms with Crippen LogP contribution in [0.2, 0.25) is 0 Å². The van der Waals surface area contributed by atoms with Crippen LogP contribution in [0.1, 0.15) is 40.5 Å². The fourth-order valence-electron chi connectivity index (χ4n) is 2.27. The highest BCUT2D eigenvalue weighted by Gasteiger charge is 2.30. The van der Waals surface area contributed by atoms with E-state index in [0.29, 0.717) is 12.1 Å². The maximum atomic E-state index is 3.34. The van der Waals surface area contributed by atoms with Gasteiger partial charge in [-0.25, -0.2) is 0 Å². The molecule has 1 fully saturated rings. The van der Waals surface area contributed by atoms with E-state index < -0.39 is 0 Å². The summed E-state index contributed by atoms with van der Waals surface area (Å²) in [5, 5.41) is 3.34. The lowest BCUT2D eigenvalue weighted by Gasteiger charge is -2.37. The molecule has 0 saturated heterocycles. The predicted octanol–water partition coefficient (Wildman–Crippen LogP) is 2.35. The van der Waals surface area contributed by atoms with E-state index in [-0.39, 0.29) is 0 Å². The molecule has 0 aromatic heterocycles. The third kappa shape index (κ3) is 4.12. The first-order valence-corrected chi connectivity index (χ1v) is 6.46. The first-order valence-electron chi connectivity index (χ1n) is 6.46. The van der Waals surface area contributed by atoms with Gasteiger partial charge < -0.3 is 5.32 Å². The van der Waals surface area contributed by atoms with Crippen molar-refractivity contribution in [3.63, 3.8) is 0 Å². The van der Waals surface area contributed by atoms with Crippen molar-refractivity contribution >= 4 is 0 Å². The minimum absolute atomic E-state index is 0.673. The van der Waals surface area contributed by atoms with Crippen molar-refractivity contribution in [2.45, 2.75) is 52.6 Å². The van der Waals surface area contributed by atoms with Gasteiger partial charge in [-0.3, -0.25) is 4.90 Å². The third-order valence-corrected chi connectivity index (χ3v) is 3.44. The van der Waals surface area contributed by atoms with Crippen LogP contribution in [0.3, 0.4) is 0 Å². The average Bonchev–Trinajstić information content (AvgIpc) is 2.93. The zero-order valence-electron chi connectivity index (χ0n) is 11.1. The van der Waals surface area contributed by atoms with Crippen LogP contribution in [0.25, 0.3) is 0 Å². The Bertz CT molecular complexity index is 173. The zero-order valence-corrected chi connectivity index (χ0v) is 11.1. The van der Waals surface area contributed by atoms with Crippen LogP contribution in [0.15, 0.2) is 0 Å². The zero-order chi connectivity index (χ0) is 11.4. The van der Waals surface area contributed by atoms with Crippen LogP contribution in [0.5, 0.6) is 0 Å². The normalized spacial score (nSPS) is 19.2. The van der Waals surface area contributed by atoms with Gasteiger partial charge in [0, 0.05) is 25.2 Å². The van der Waals surface area contributed by atoms with Gasteiger partial charge in [-0.1, -0.05) is 13.8 Å². The SMILES string of the molecule is CNCC(C(C)C)N(CC1CC1)C(C)C. The molecule has 0 amide bonds. The van der Waals surface area contributed by atoms with Crippen molar-refractivity contribution in [1.29, 1.82) is 0 Å². The Hall–Kier alpha value is -0.0800. The summed E-state index contributed by atoms with van der Waals surface area (Å²) in [6.07, 6.45) is 2.90. The van der Waals surface area contributed by atoms with Gasteiger partial charge in [-0.2, -0.15) is 0 Å². The summed E-state index contributed by atoms with van der Waals surface area (Å²) in [4.78, 5) is 2.69. The summed E-state index contributed by atoms with van der Waals surface area (Å²) in [5.41, 5.74) is 0. The highest BCUT2D eigenvalue weighted by Crippen LogP contribution is 2.31. The number of rotatable bonds is 7. The topological polar surface area (TPSA) is 15.3 Å².